The quantitative estimate of drug-likeness (QED) is 0.224. The fourth-order valence-corrected chi connectivity index (χ4v) is 10.4. The van der Waals surface area contributed by atoms with Gasteiger partial charge >= 0.3 is 5.97 Å². The molecule has 14 atom stereocenters. The molecule has 5 unspecified atom stereocenters. The first-order valence-corrected chi connectivity index (χ1v) is 16.8. The van der Waals surface area contributed by atoms with Gasteiger partial charge in [0.1, 0.15) is 24.4 Å². The minimum absolute atomic E-state index is 0.178. The lowest BCUT2D eigenvalue weighted by atomic mass is 9.44. The van der Waals surface area contributed by atoms with Crippen molar-refractivity contribution < 1.29 is 35.1 Å². The molecule has 7 heteroatoms. The Morgan fingerprint density at radius 1 is 0.854 bits per heavy atom. The van der Waals surface area contributed by atoms with E-state index in [1.165, 1.54) is 38.5 Å². The fourth-order valence-electron chi connectivity index (χ4n) is 10.4. The van der Waals surface area contributed by atoms with Gasteiger partial charge in [0.15, 0.2) is 6.10 Å². The zero-order chi connectivity index (χ0) is 30.3. The van der Waals surface area contributed by atoms with Crippen molar-refractivity contribution in [3.8, 4) is 0 Å². The number of aliphatic hydroxyl groups excluding tert-OH is 5. The van der Waals surface area contributed by atoms with Crippen LogP contribution in [0.3, 0.4) is 0 Å². The summed E-state index contributed by atoms with van der Waals surface area (Å²) in [5.41, 5.74) is 0.193. The van der Waals surface area contributed by atoms with Crippen LogP contribution >= 0.6 is 0 Å². The predicted molar refractivity (Wildman–Crippen MR) is 159 cm³/mol. The van der Waals surface area contributed by atoms with E-state index in [9.17, 15) is 25.2 Å². The fraction of sp³-hybridized carbons (Fsp3) is 0.971. The lowest BCUT2D eigenvalue weighted by Gasteiger charge is -2.62. The number of ether oxygens (including phenoxy) is 1. The third kappa shape index (κ3) is 6.14. The van der Waals surface area contributed by atoms with Gasteiger partial charge in [-0.3, -0.25) is 0 Å². The number of hydrogen-bond acceptors (Lipinski definition) is 7. The summed E-state index contributed by atoms with van der Waals surface area (Å²) >= 11 is 0. The van der Waals surface area contributed by atoms with E-state index in [2.05, 4.69) is 41.5 Å². The zero-order valence-corrected chi connectivity index (χ0v) is 26.5. The van der Waals surface area contributed by atoms with Crippen LogP contribution in [0.25, 0.3) is 0 Å². The van der Waals surface area contributed by atoms with Crippen molar-refractivity contribution >= 4 is 5.97 Å². The standard InChI is InChI=1S/C34H60O7/c1-19(2)20(3)10-11-21(4)24-14-15-25-23-13-12-22-8-7-9-28(34(22,6)26(23)16-17-33(24,25)5)41-32(40)31(39)30(38)29(37)27(36)18-35/h19-31,35-39H,7-18H2,1-6H3/t20-,21+,22+,23+,24+,25-,26-,27?,28?,29?,30?,31?,33+,34-/m0/s1. The third-order valence-electron chi connectivity index (χ3n) is 13.4. The molecule has 0 spiro atoms. The number of carbonyl (C=O) groups is 1. The molecule has 7 nitrogen and oxygen atoms in total. The van der Waals surface area contributed by atoms with Crippen LogP contribution in [-0.4, -0.2) is 68.6 Å². The van der Waals surface area contributed by atoms with Crippen LogP contribution in [0.1, 0.15) is 112 Å². The van der Waals surface area contributed by atoms with Crippen LogP contribution in [0.5, 0.6) is 0 Å². The normalized spacial score (nSPS) is 41.4. The number of carbonyl (C=O) groups excluding carboxylic acids is 1. The van der Waals surface area contributed by atoms with Crippen LogP contribution in [0.2, 0.25) is 0 Å². The summed E-state index contributed by atoms with van der Waals surface area (Å²) in [6.45, 7) is 13.7. The highest BCUT2D eigenvalue weighted by Crippen LogP contribution is 2.68. The second-order valence-corrected chi connectivity index (χ2v) is 15.6. The Morgan fingerprint density at radius 2 is 1.56 bits per heavy atom. The van der Waals surface area contributed by atoms with Crippen molar-refractivity contribution in [2.75, 3.05) is 6.61 Å². The average molecular weight is 581 g/mol. The topological polar surface area (TPSA) is 127 Å². The van der Waals surface area contributed by atoms with Crippen molar-refractivity contribution in [3.05, 3.63) is 0 Å². The van der Waals surface area contributed by atoms with Gasteiger partial charge in [-0.05, 0) is 111 Å². The third-order valence-corrected chi connectivity index (χ3v) is 13.4. The summed E-state index contributed by atoms with van der Waals surface area (Å²) < 4.78 is 6.02. The average Bonchev–Trinajstić information content (AvgIpc) is 3.31. The number of hydrogen-bond donors (Lipinski definition) is 5. The molecule has 0 aromatic heterocycles. The molecular weight excluding hydrogens is 520 g/mol. The molecule has 4 aliphatic carbocycles. The summed E-state index contributed by atoms with van der Waals surface area (Å²) in [5.74, 6) is 4.33. The van der Waals surface area contributed by atoms with Crippen LogP contribution in [0.15, 0.2) is 0 Å². The molecular formula is C34H60O7. The van der Waals surface area contributed by atoms with Gasteiger partial charge in [-0.2, -0.15) is 0 Å². The van der Waals surface area contributed by atoms with Crippen LogP contribution < -0.4 is 0 Å². The number of aliphatic hydroxyl groups is 5. The maximum atomic E-state index is 13.1. The van der Waals surface area contributed by atoms with Crippen LogP contribution in [0, 0.1) is 58.2 Å². The summed E-state index contributed by atoms with van der Waals surface area (Å²) in [5, 5.41) is 49.6. The summed E-state index contributed by atoms with van der Waals surface area (Å²) in [4.78, 5) is 13.1. The highest BCUT2D eigenvalue weighted by molar-refractivity contribution is 5.75. The minimum Gasteiger partial charge on any atom is -0.460 e. The molecule has 0 amide bonds. The van der Waals surface area contributed by atoms with E-state index in [1.54, 1.807) is 0 Å². The molecule has 4 fully saturated rings. The molecule has 0 aliphatic heterocycles. The smallest absolute Gasteiger partial charge is 0.338 e. The van der Waals surface area contributed by atoms with Gasteiger partial charge in [0.25, 0.3) is 0 Å². The molecule has 0 bridgehead atoms. The molecule has 4 aliphatic rings. The number of rotatable bonds is 11. The van der Waals surface area contributed by atoms with E-state index in [0.717, 1.165) is 55.8 Å². The highest BCUT2D eigenvalue weighted by Gasteiger charge is 2.63. The molecule has 41 heavy (non-hydrogen) atoms. The lowest BCUT2D eigenvalue weighted by Crippen LogP contribution is -2.59. The van der Waals surface area contributed by atoms with Gasteiger partial charge in [0, 0.05) is 5.41 Å². The summed E-state index contributed by atoms with van der Waals surface area (Å²) in [6.07, 6.45) is 5.10. The first-order chi connectivity index (χ1) is 19.3. The molecule has 0 radical (unpaired) electrons. The van der Waals surface area contributed by atoms with Gasteiger partial charge in [0.05, 0.1) is 6.61 Å². The molecule has 238 valence electrons. The number of fused-ring (bicyclic) bond motifs is 5. The molecule has 5 N–H and O–H groups in total. The Kier molecular flexibility index (Phi) is 10.6. The lowest BCUT2D eigenvalue weighted by molar-refractivity contribution is -0.205. The largest absolute Gasteiger partial charge is 0.460 e. The van der Waals surface area contributed by atoms with Gasteiger partial charge in [0.2, 0.25) is 0 Å². The van der Waals surface area contributed by atoms with E-state index in [-0.39, 0.29) is 11.5 Å². The summed E-state index contributed by atoms with van der Waals surface area (Å²) in [7, 11) is 0. The van der Waals surface area contributed by atoms with Crippen molar-refractivity contribution in [1.82, 2.24) is 0 Å². The van der Waals surface area contributed by atoms with Crippen LogP contribution in [0.4, 0.5) is 0 Å². The molecule has 0 heterocycles. The SMILES string of the molecule is CC(C)[C@@H](C)CC[C@@H](C)[C@H]1CC[C@H]2[C@H]3CC[C@H]4CCCC(OC(=O)C(O)C(O)C(O)C(O)CO)[C@]4(C)[C@H]3CC[C@]12C. The van der Waals surface area contributed by atoms with E-state index < -0.39 is 37.0 Å². The molecule has 0 aromatic carbocycles. The first kappa shape index (κ1) is 33.2. The highest BCUT2D eigenvalue weighted by atomic mass is 16.6. The molecule has 0 saturated heterocycles. The Morgan fingerprint density at radius 3 is 2.22 bits per heavy atom. The predicted octanol–water partition coefficient (Wildman–Crippen LogP) is 4.70. The van der Waals surface area contributed by atoms with E-state index in [1.807, 2.05) is 0 Å². The van der Waals surface area contributed by atoms with Crippen LogP contribution in [-0.2, 0) is 9.53 Å². The van der Waals surface area contributed by atoms with Gasteiger partial charge in [-0.15, -0.1) is 0 Å². The Labute approximate surface area is 248 Å². The zero-order valence-electron chi connectivity index (χ0n) is 26.5. The molecule has 4 rings (SSSR count). The summed E-state index contributed by atoms with van der Waals surface area (Å²) in [6, 6.07) is 0. The van der Waals surface area contributed by atoms with E-state index >= 15 is 0 Å². The Balaban J connectivity index is 1.48. The van der Waals surface area contributed by atoms with Crippen molar-refractivity contribution in [3.63, 3.8) is 0 Å². The van der Waals surface area contributed by atoms with E-state index in [4.69, 9.17) is 9.84 Å². The molecule has 4 saturated carbocycles. The van der Waals surface area contributed by atoms with E-state index in [0.29, 0.717) is 29.1 Å². The minimum atomic E-state index is -1.99. The van der Waals surface area contributed by atoms with Gasteiger partial charge in [-0.1, -0.05) is 54.4 Å². The Bertz CT molecular complexity index is 879. The van der Waals surface area contributed by atoms with Crippen molar-refractivity contribution in [2.45, 2.75) is 143 Å². The van der Waals surface area contributed by atoms with Crippen molar-refractivity contribution in [2.24, 2.45) is 58.2 Å². The molecule has 0 aromatic rings. The maximum Gasteiger partial charge on any atom is 0.338 e. The number of esters is 1. The van der Waals surface area contributed by atoms with Crippen molar-refractivity contribution in [1.29, 1.82) is 0 Å². The first-order valence-electron chi connectivity index (χ1n) is 16.8. The van der Waals surface area contributed by atoms with Gasteiger partial charge in [-0.25, -0.2) is 4.79 Å². The second-order valence-electron chi connectivity index (χ2n) is 15.6. The second kappa shape index (κ2) is 13.1. The monoisotopic (exact) mass is 580 g/mol. The Hall–Kier alpha value is -0.730. The van der Waals surface area contributed by atoms with Gasteiger partial charge < -0.3 is 30.3 Å². The maximum absolute atomic E-state index is 13.1.